The molecule has 5 rings (SSSR count). The van der Waals surface area contributed by atoms with Gasteiger partial charge in [0.25, 0.3) is 5.56 Å². The molecule has 0 spiro atoms. The van der Waals surface area contributed by atoms with E-state index in [2.05, 4.69) is 15.4 Å². The van der Waals surface area contributed by atoms with Crippen molar-refractivity contribution in [3.8, 4) is 17.2 Å². The fourth-order valence-electron chi connectivity index (χ4n) is 3.62. The largest absolute Gasteiger partial charge is 0.486 e. The molecule has 0 unspecified atom stereocenters. The molecule has 2 aromatic heterocycles. The molecule has 1 aliphatic rings. The van der Waals surface area contributed by atoms with Crippen molar-refractivity contribution in [2.24, 2.45) is 0 Å². The van der Waals surface area contributed by atoms with Crippen LogP contribution in [-0.2, 0) is 17.8 Å². The molecular weight excluding hydrogens is 410 g/mol. The average molecular weight is 431 g/mol. The zero-order valence-corrected chi connectivity index (χ0v) is 17.2. The summed E-state index contributed by atoms with van der Waals surface area (Å²) in [5, 5.41) is 7.49. The summed E-state index contributed by atoms with van der Waals surface area (Å²) in [7, 11) is 0. The highest BCUT2D eigenvalue weighted by molar-refractivity contribution is 5.77. The smallest absolute Gasteiger partial charge is 0.264 e. The molecule has 4 aromatic rings. The third kappa shape index (κ3) is 3.92. The average Bonchev–Trinajstić information content (AvgIpc) is 3.26. The fourth-order valence-corrected chi connectivity index (χ4v) is 3.62. The molecule has 0 radical (unpaired) electrons. The summed E-state index contributed by atoms with van der Waals surface area (Å²) in [6.07, 6.45) is 3.50. The highest BCUT2D eigenvalue weighted by Crippen LogP contribution is 2.30. The Bertz CT molecular complexity index is 1330. The maximum absolute atomic E-state index is 12.8. The Morgan fingerprint density at radius 1 is 1.06 bits per heavy atom. The zero-order valence-electron chi connectivity index (χ0n) is 17.2. The second-order valence-electron chi connectivity index (χ2n) is 7.38. The first-order valence-corrected chi connectivity index (χ1v) is 10.3. The number of aromatic nitrogens is 4. The summed E-state index contributed by atoms with van der Waals surface area (Å²) in [4.78, 5) is 29.5. The van der Waals surface area contributed by atoms with Crippen molar-refractivity contribution < 1.29 is 14.3 Å². The molecule has 1 aliphatic heterocycles. The number of rotatable bonds is 6. The Labute approximate surface area is 183 Å². The molecule has 0 saturated heterocycles. The van der Waals surface area contributed by atoms with Gasteiger partial charge in [-0.1, -0.05) is 24.3 Å². The van der Waals surface area contributed by atoms with Gasteiger partial charge in [-0.3, -0.25) is 14.2 Å². The molecule has 2 aromatic carbocycles. The van der Waals surface area contributed by atoms with Crippen LogP contribution in [0.1, 0.15) is 5.56 Å². The second kappa shape index (κ2) is 8.54. The monoisotopic (exact) mass is 431 g/mol. The lowest BCUT2D eigenvalue weighted by atomic mass is 10.1. The van der Waals surface area contributed by atoms with E-state index in [4.69, 9.17) is 9.47 Å². The van der Waals surface area contributed by atoms with Crippen LogP contribution in [0.5, 0.6) is 11.5 Å². The predicted octanol–water partition coefficient (Wildman–Crippen LogP) is 1.71. The standard InChI is InChI=1S/C23H21N5O4/c29-21(24-9-8-16-6-7-19-20(12-16)32-11-10-31-19)14-27-15-25-22-18(23(27)30)13-26-28(22)17-4-2-1-3-5-17/h1-7,12-13,15H,8-11,14H2,(H,24,29). The number of carbonyl (C=O) groups is 1. The first kappa shape index (κ1) is 19.8. The second-order valence-corrected chi connectivity index (χ2v) is 7.38. The minimum absolute atomic E-state index is 0.112. The van der Waals surface area contributed by atoms with Crippen LogP contribution in [-0.4, -0.2) is 45.0 Å². The molecule has 0 aliphatic carbocycles. The van der Waals surface area contributed by atoms with Crippen molar-refractivity contribution in [2.75, 3.05) is 19.8 Å². The SMILES string of the molecule is O=C(Cn1cnc2c(cnn2-c2ccccc2)c1=O)NCCc1ccc2c(c1)OCCO2. The van der Waals surface area contributed by atoms with Gasteiger partial charge < -0.3 is 14.8 Å². The summed E-state index contributed by atoms with van der Waals surface area (Å²) in [6, 6.07) is 15.2. The Morgan fingerprint density at radius 3 is 2.72 bits per heavy atom. The van der Waals surface area contributed by atoms with Crippen molar-refractivity contribution in [1.29, 1.82) is 0 Å². The normalized spacial score (nSPS) is 12.6. The number of hydrogen-bond donors (Lipinski definition) is 1. The molecule has 0 atom stereocenters. The molecule has 1 N–H and O–H groups in total. The quantitative estimate of drug-likeness (QED) is 0.499. The highest BCUT2D eigenvalue weighted by atomic mass is 16.6. The van der Waals surface area contributed by atoms with Crippen molar-refractivity contribution in [2.45, 2.75) is 13.0 Å². The molecule has 0 fully saturated rings. The summed E-state index contributed by atoms with van der Waals surface area (Å²) in [5.41, 5.74) is 1.99. The van der Waals surface area contributed by atoms with Gasteiger partial charge in [-0.05, 0) is 36.2 Å². The van der Waals surface area contributed by atoms with E-state index in [1.165, 1.54) is 17.1 Å². The summed E-state index contributed by atoms with van der Waals surface area (Å²) in [6.45, 7) is 1.41. The molecule has 0 bridgehead atoms. The maximum atomic E-state index is 12.8. The topological polar surface area (TPSA) is 100 Å². The number of amides is 1. The lowest BCUT2D eigenvalue weighted by Crippen LogP contribution is -2.33. The summed E-state index contributed by atoms with van der Waals surface area (Å²) < 4.78 is 14.0. The summed E-state index contributed by atoms with van der Waals surface area (Å²) >= 11 is 0. The number of nitrogens with zero attached hydrogens (tertiary/aromatic N) is 4. The van der Waals surface area contributed by atoms with Gasteiger partial charge >= 0.3 is 0 Å². The van der Waals surface area contributed by atoms with E-state index in [0.717, 1.165) is 22.7 Å². The van der Waals surface area contributed by atoms with Crippen LogP contribution in [0.3, 0.4) is 0 Å². The fraction of sp³-hybridized carbons (Fsp3) is 0.217. The van der Waals surface area contributed by atoms with E-state index >= 15 is 0 Å². The van der Waals surface area contributed by atoms with E-state index < -0.39 is 0 Å². The Hall–Kier alpha value is -4.14. The third-order valence-corrected chi connectivity index (χ3v) is 5.21. The maximum Gasteiger partial charge on any atom is 0.264 e. The predicted molar refractivity (Wildman–Crippen MR) is 117 cm³/mol. The zero-order chi connectivity index (χ0) is 21.9. The van der Waals surface area contributed by atoms with Crippen LogP contribution >= 0.6 is 0 Å². The Balaban J connectivity index is 1.23. The highest BCUT2D eigenvalue weighted by Gasteiger charge is 2.14. The van der Waals surface area contributed by atoms with Crippen LogP contribution in [0, 0.1) is 0 Å². The van der Waals surface area contributed by atoms with E-state index in [9.17, 15) is 9.59 Å². The van der Waals surface area contributed by atoms with E-state index in [1.54, 1.807) is 4.68 Å². The molecule has 162 valence electrons. The van der Waals surface area contributed by atoms with E-state index in [0.29, 0.717) is 37.2 Å². The number of fused-ring (bicyclic) bond motifs is 2. The number of para-hydroxylation sites is 1. The Kier molecular flexibility index (Phi) is 5.29. The Morgan fingerprint density at radius 2 is 1.88 bits per heavy atom. The number of hydrogen-bond acceptors (Lipinski definition) is 6. The van der Waals surface area contributed by atoms with Gasteiger partial charge in [0.15, 0.2) is 17.1 Å². The minimum atomic E-state index is -0.306. The lowest BCUT2D eigenvalue weighted by molar-refractivity contribution is -0.121. The van der Waals surface area contributed by atoms with Gasteiger partial charge in [-0.25, -0.2) is 9.67 Å². The van der Waals surface area contributed by atoms with Crippen LogP contribution in [0.25, 0.3) is 16.7 Å². The molecule has 9 heteroatoms. The van der Waals surface area contributed by atoms with Crippen molar-refractivity contribution in [3.63, 3.8) is 0 Å². The van der Waals surface area contributed by atoms with Crippen LogP contribution in [0.4, 0.5) is 0 Å². The van der Waals surface area contributed by atoms with Gasteiger partial charge in [0, 0.05) is 6.54 Å². The van der Waals surface area contributed by atoms with Gasteiger partial charge in [-0.2, -0.15) is 5.10 Å². The van der Waals surface area contributed by atoms with Gasteiger partial charge in [0.05, 0.1) is 11.9 Å². The number of ether oxygens (including phenoxy) is 2. The van der Waals surface area contributed by atoms with E-state index in [1.807, 2.05) is 48.5 Å². The molecule has 9 nitrogen and oxygen atoms in total. The van der Waals surface area contributed by atoms with E-state index in [-0.39, 0.29) is 18.0 Å². The van der Waals surface area contributed by atoms with Gasteiger partial charge in [-0.15, -0.1) is 0 Å². The molecular formula is C23H21N5O4. The number of carbonyl (C=O) groups excluding carboxylic acids is 1. The van der Waals surface area contributed by atoms with Crippen molar-refractivity contribution in [1.82, 2.24) is 24.6 Å². The van der Waals surface area contributed by atoms with Gasteiger partial charge in [0.2, 0.25) is 5.91 Å². The molecule has 3 heterocycles. The minimum Gasteiger partial charge on any atom is -0.486 e. The molecule has 32 heavy (non-hydrogen) atoms. The lowest BCUT2D eigenvalue weighted by Gasteiger charge is -2.18. The first-order chi connectivity index (χ1) is 15.7. The molecule has 1 amide bonds. The van der Waals surface area contributed by atoms with Crippen LogP contribution in [0.15, 0.2) is 65.8 Å². The van der Waals surface area contributed by atoms with Crippen molar-refractivity contribution >= 4 is 16.9 Å². The van der Waals surface area contributed by atoms with Crippen LogP contribution in [0.2, 0.25) is 0 Å². The number of nitrogens with one attached hydrogen (secondary N) is 1. The van der Waals surface area contributed by atoms with Crippen molar-refractivity contribution in [3.05, 3.63) is 77.0 Å². The third-order valence-electron chi connectivity index (χ3n) is 5.21. The first-order valence-electron chi connectivity index (χ1n) is 10.3. The van der Waals surface area contributed by atoms with Crippen LogP contribution < -0.4 is 20.3 Å². The summed E-state index contributed by atoms with van der Waals surface area (Å²) in [5.74, 6) is 1.20. The van der Waals surface area contributed by atoms with Gasteiger partial charge in [0.1, 0.15) is 31.5 Å². The molecule has 0 saturated carbocycles. The number of benzene rings is 2.